The second-order valence-electron chi connectivity index (χ2n) is 5.22. The first kappa shape index (κ1) is 19.2. The number of hydrogen-bond acceptors (Lipinski definition) is 5. The van der Waals surface area contributed by atoms with Crippen LogP contribution in [0, 0.1) is 0 Å². The predicted molar refractivity (Wildman–Crippen MR) is 95.0 cm³/mol. The van der Waals surface area contributed by atoms with E-state index in [2.05, 4.69) is 20.4 Å². The van der Waals surface area contributed by atoms with Crippen molar-refractivity contribution in [2.45, 2.75) is 11.2 Å². The molecule has 27 heavy (non-hydrogen) atoms. The third-order valence-corrected chi connectivity index (χ3v) is 4.49. The average molecular weight is 414 g/mol. The molecular formula is C16H11ClF3N5OS. The zero-order valence-corrected chi connectivity index (χ0v) is 15.0. The molecule has 0 aliphatic heterocycles. The molecule has 1 amide bonds. The van der Waals surface area contributed by atoms with Crippen LogP contribution in [0.25, 0.3) is 5.69 Å². The number of nitrogens with zero attached hydrogens (tertiary/aromatic N) is 4. The van der Waals surface area contributed by atoms with E-state index >= 15 is 0 Å². The number of amides is 1. The third kappa shape index (κ3) is 4.98. The Morgan fingerprint density at radius 3 is 2.70 bits per heavy atom. The Labute approximate surface area is 160 Å². The van der Waals surface area contributed by atoms with E-state index in [1.807, 2.05) is 0 Å². The highest BCUT2D eigenvalue weighted by Crippen LogP contribution is 2.29. The standard InChI is InChI=1S/C16H11ClF3N5OS/c17-11-2-3-13(25-9-21-8-23-25)12(5-11)24-14(26)7-27-15-4-1-10(6-22-15)16(18,19)20/h1-6,8-9H,7H2,(H,24,26). The number of nitrogens with one attached hydrogen (secondary N) is 1. The number of anilines is 1. The number of hydrogen-bond donors (Lipinski definition) is 1. The Bertz CT molecular complexity index is 932. The lowest BCUT2D eigenvalue weighted by molar-refractivity contribution is -0.137. The summed E-state index contributed by atoms with van der Waals surface area (Å²) in [6, 6.07) is 7.04. The summed E-state index contributed by atoms with van der Waals surface area (Å²) in [5, 5.41) is 7.44. The molecule has 3 rings (SSSR count). The van der Waals surface area contributed by atoms with Gasteiger partial charge in [-0.05, 0) is 30.3 Å². The minimum absolute atomic E-state index is 0.0400. The van der Waals surface area contributed by atoms with Crippen LogP contribution in [0.5, 0.6) is 0 Å². The topological polar surface area (TPSA) is 72.7 Å². The minimum atomic E-state index is -4.45. The van der Waals surface area contributed by atoms with Crippen molar-refractivity contribution in [3.05, 3.63) is 59.8 Å². The zero-order chi connectivity index (χ0) is 19.4. The third-order valence-electron chi connectivity index (χ3n) is 3.31. The van der Waals surface area contributed by atoms with E-state index in [-0.39, 0.29) is 11.7 Å². The number of thioether (sulfide) groups is 1. The van der Waals surface area contributed by atoms with E-state index < -0.39 is 11.7 Å². The SMILES string of the molecule is O=C(CSc1ccc(C(F)(F)F)cn1)Nc1cc(Cl)ccc1-n1cncn1. The maximum atomic E-state index is 12.5. The molecule has 0 saturated carbocycles. The van der Waals surface area contributed by atoms with E-state index in [1.54, 1.807) is 18.2 Å². The number of benzene rings is 1. The van der Waals surface area contributed by atoms with E-state index in [9.17, 15) is 18.0 Å². The van der Waals surface area contributed by atoms with Crippen LogP contribution < -0.4 is 5.32 Å². The molecule has 1 N–H and O–H groups in total. The first-order valence-corrected chi connectivity index (χ1v) is 8.80. The molecule has 1 aromatic carbocycles. The molecule has 0 spiro atoms. The molecule has 0 atom stereocenters. The van der Waals surface area contributed by atoms with Crippen molar-refractivity contribution in [2.24, 2.45) is 0 Å². The van der Waals surface area contributed by atoms with Gasteiger partial charge in [0.15, 0.2) is 0 Å². The number of pyridine rings is 1. The molecule has 0 radical (unpaired) electrons. The number of carbonyl (C=O) groups is 1. The molecule has 0 aliphatic carbocycles. The highest BCUT2D eigenvalue weighted by Gasteiger charge is 2.30. The van der Waals surface area contributed by atoms with E-state index in [0.29, 0.717) is 21.4 Å². The largest absolute Gasteiger partial charge is 0.417 e. The van der Waals surface area contributed by atoms with Gasteiger partial charge in [-0.25, -0.2) is 14.6 Å². The van der Waals surface area contributed by atoms with Gasteiger partial charge in [0.25, 0.3) is 0 Å². The molecule has 0 bridgehead atoms. The molecule has 2 aromatic heterocycles. The van der Waals surface area contributed by atoms with E-state index in [1.165, 1.54) is 23.4 Å². The predicted octanol–water partition coefficient (Wildman–Crippen LogP) is 4.07. The van der Waals surface area contributed by atoms with E-state index in [4.69, 9.17) is 11.6 Å². The van der Waals surface area contributed by atoms with Crippen LogP contribution in [0.15, 0.2) is 54.2 Å². The van der Waals surface area contributed by atoms with Crippen LogP contribution in [0.4, 0.5) is 18.9 Å². The van der Waals surface area contributed by atoms with Gasteiger partial charge in [0, 0.05) is 11.2 Å². The van der Waals surface area contributed by atoms with Crippen molar-refractivity contribution >= 4 is 35.0 Å². The number of carbonyl (C=O) groups excluding carboxylic acids is 1. The van der Waals surface area contributed by atoms with Gasteiger partial charge in [-0.3, -0.25) is 4.79 Å². The van der Waals surface area contributed by atoms with Crippen LogP contribution in [0.3, 0.4) is 0 Å². The Morgan fingerprint density at radius 1 is 1.26 bits per heavy atom. The molecule has 0 aliphatic rings. The van der Waals surface area contributed by atoms with Crippen molar-refractivity contribution in [2.75, 3.05) is 11.1 Å². The number of rotatable bonds is 5. The van der Waals surface area contributed by atoms with Crippen molar-refractivity contribution in [1.82, 2.24) is 19.7 Å². The van der Waals surface area contributed by atoms with Crippen molar-refractivity contribution < 1.29 is 18.0 Å². The summed E-state index contributed by atoms with van der Waals surface area (Å²) in [7, 11) is 0. The molecule has 0 unspecified atom stereocenters. The van der Waals surface area contributed by atoms with Crippen molar-refractivity contribution in [3.8, 4) is 5.69 Å². The average Bonchev–Trinajstić information content (AvgIpc) is 3.14. The first-order chi connectivity index (χ1) is 12.8. The summed E-state index contributed by atoms with van der Waals surface area (Å²) in [6.07, 6.45) is -0.885. The zero-order valence-electron chi connectivity index (χ0n) is 13.4. The molecule has 140 valence electrons. The molecule has 0 saturated heterocycles. The summed E-state index contributed by atoms with van der Waals surface area (Å²) in [6.45, 7) is 0. The normalized spacial score (nSPS) is 11.4. The maximum Gasteiger partial charge on any atom is 0.417 e. The fraction of sp³-hybridized carbons (Fsp3) is 0.125. The van der Waals surface area contributed by atoms with Gasteiger partial charge in [0.1, 0.15) is 12.7 Å². The fourth-order valence-corrected chi connectivity index (χ4v) is 2.91. The quantitative estimate of drug-likeness (QED) is 0.638. The summed E-state index contributed by atoms with van der Waals surface area (Å²) >= 11 is 7.00. The van der Waals surface area contributed by atoms with Gasteiger partial charge >= 0.3 is 6.18 Å². The maximum absolute atomic E-state index is 12.5. The van der Waals surface area contributed by atoms with Crippen LogP contribution in [0.1, 0.15) is 5.56 Å². The molecular weight excluding hydrogens is 403 g/mol. The summed E-state index contributed by atoms with van der Waals surface area (Å²) in [5.41, 5.74) is 0.162. The molecule has 3 aromatic rings. The lowest BCUT2D eigenvalue weighted by Crippen LogP contribution is -2.16. The molecule has 0 fully saturated rings. The van der Waals surface area contributed by atoms with Crippen LogP contribution in [0.2, 0.25) is 5.02 Å². The van der Waals surface area contributed by atoms with Crippen LogP contribution in [-0.4, -0.2) is 31.4 Å². The van der Waals surface area contributed by atoms with Gasteiger partial charge in [0.2, 0.25) is 5.91 Å². The smallest absolute Gasteiger partial charge is 0.323 e. The fourth-order valence-electron chi connectivity index (χ4n) is 2.10. The monoisotopic (exact) mass is 413 g/mol. The Morgan fingerprint density at radius 2 is 2.07 bits per heavy atom. The van der Waals surface area contributed by atoms with Crippen LogP contribution in [-0.2, 0) is 11.0 Å². The molecule has 2 heterocycles. The minimum Gasteiger partial charge on any atom is -0.323 e. The van der Waals surface area contributed by atoms with Crippen LogP contribution >= 0.6 is 23.4 Å². The second-order valence-corrected chi connectivity index (χ2v) is 6.65. The molecule has 6 nitrogen and oxygen atoms in total. The Balaban J connectivity index is 1.66. The van der Waals surface area contributed by atoms with Crippen molar-refractivity contribution in [3.63, 3.8) is 0 Å². The highest BCUT2D eigenvalue weighted by atomic mass is 35.5. The van der Waals surface area contributed by atoms with Gasteiger partial charge in [-0.1, -0.05) is 23.4 Å². The van der Waals surface area contributed by atoms with Crippen molar-refractivity contribution in [1.29, 1.82) is 0 Å². The number of halogens is 4. The Hall–Kier alpha value is -2.59. The van der Waals surface area contributed by atoms with Gasteiger partial charge in [-0.15, -0.1) is 0 Å². The summed E-state index contributed by atoms with van der Waals surface area (Å²) in [5.74, 6) is -0.410. The van der Waals surface area contributed by atoms with E-state index in [0.717, 1.165) is 24.0 Å². The summed E-state index contributed by atoms with van der Waals surface area (Å²) < 4.78 is 39.1. The van der Waals surface area contributed by atoms with Gasteiger partial charge in [-0.2, -0.15) is 18.3 Å². The lowest BCUT2D eigenvalue weighted by atomic mass is 10.2. The second kappa shape index (κ2) is 7.97. The number of aromatic nitrogens is 4. The van der Waals surface area contributed by atoms with Gasteiger partial charge < -0.3 is 5.32 Å². The lowest BCUT2D eigenvalue weighted by Gasteiger charge is -2.11. The Kier molecular flexibility index (Phi) is 5.66. The summed E-state index contributed by atoms with van der Waals surface area (Å²) in [4.78, 5) is 19.8. The first-order valence-electron chi connectivity index (χ1n) is 7.43. The molecule has 11 heteroatoms. The highest BCUT2D eigenvalue weighted by molar-refractivity contribution is 7.99. The number of alkyl halides is 3. The van der Waals surface area contributed by atoms with Gasteiger partial charge in [0.05, 0.1) is 27.7 Å².